The molecule has 0 radical (unpaired) electrons. The molecule has 2 aliphatic rings. The number of carbonyl (C=O) groups is 1. The number of hydrazone groups is 1. The normalized spacial score (nSPS) is 20.0. The van der Waals surface area contributed by atoms with Gasteiger partial charge in [0.25, 0.3) is 5.91 Å². The van der Waals surface area contributed by atoms with E-state index in [1.165, 1.54) is 12.1 Å². The van der Waals surface area contributed by atoms with Crippen molar-refractivity contribution >= 4 is 11.6 Å². The van der Waals surface area contributed by atoms with Gasteiger partial charge in [0.2, 0.25) is 0 Å². The molecule has 1 unspecified atom stereocenters. The molecule has 0 saturated carbocycles. The van der Waals surface area contributed by atoms with Gasteiger partial charge >= 0.3 is 0 Å². The molecule has 0 N–H and O–H groups in total. The van der Waals surface area contributed by atoms with Crippen molar-refractivity contribution in [3.8, 4) is 5.75 Å². The summed E-state index contributed by atoms with van der Waals surface area (Å²) in [5.74, 6) is 0.427. The fraction of sp³-hybridized carbons (Fsp3) is 0.417. The quantitative estimate of drug-likeness (QED) is 0.715. The number of hydrogen-bond acceptors (Lipinski definition) is 5. The summed E-state index contributed by atoms with van der Waals surface area (Å²) in [5.41, 5.74) is 2.64. The van der Waals surface area contributed by atoms with Crippen LogP contribution in [0.5, 0.6) is 5.75 Å². The molecule has 4 rings (SSSR count). The number of amides is 1. The Balaban J connectivity index is 1.56. The first kappa shape index (κ1) is 21.5. The number of nitrogens with zero attached hydrogens (tertiary/aromatic N) is 4. The minimum atomic E-state index is -0.289. The first-order valence-corrected chi connectivity index (χ1v) is 10.8. The van der Waals surface area contributed by atoms with Crippen LogP contribution >= 0.6 is 0 Å². The van der Waals surface area contributed by atoms with Crippen molar-refractivity contribution in [3.63, 3.8) is 0 Å². The molecule has 0 aliphatic carbocycles. The molecular weight excluding hydrogens is 395 g/mol. The Kier molecular flexibility index (Phi) is 6.63. The topological polar surface area (TPSA) is 48.4 Å². The van der Waals surface area contributed by atoms with Gasteiger partial charge in [0.1, 0.15) is 11.6 Å². The second kappa shape index (κ2) is 9.58. The average molecular weight is 425 g/mol. The Hall–Kier alpha value is -2.77. The molecule has 2 aromatic rings. The van der Waals surface area contributed by atoms with Crippen LogP contribution in [0.25, 0.3) is 0 Å². The maximum atomic E-state index is 13.5. The molecule has 164 valence electrons. The number of likely N-dealkylation sites (N-methyl/N-ethyl adjacent to an activating group) is 1. The third-order valence-electron chi connectivity index (χ3n) is 6.09. The maximum Gasteiger partial charge on any atom is 0.257 e. The van der Waals surface area contributed by atoms with E-state index in [1.807, 2.05) is 24.3 Å². The number of rotatable bonds is 6. The molecule has 7 heteroatoms. The summed E-state index contributed by atoms with van der Waals surface area (Å²) in [6, 6.07) is 13.8. The molecule has 1 saturated heterocycles. The van der Waals surface area contributed by atoms with E-state index in [0.717, 1.165) is 55.3 Å². The first-order chi connectivity index (χ1) is 15.1. The summed E-state index contributed by atoms with van der Waals surface area (Å²) in [6.45, 7) is 7.24. The van der Waals surface area contributed by atoms with Crippen LogP contribution in [-0.4, -0.2) is 72.8 Å². The van der Waals surface area contributed by atoms with Gasteiger partial charge in [0.05, 0.1) is 25.4 Å². The fourth-order valence-electron chi connectivity index (χ4n) is 4.19. The van der Waals surface area contributed by atoms with Crippen molar-refractivity contribution in [2.75, 3.05) is 46.4 Å². The third kappa shape index (κ3) is 4.94. The van der Waals surface area contributed by atoms with E-state index in [0.29, 0.717) is 13.0 Å². The van der Waals surface area contributed by atoms with Crippen molar-refractivity contribution in [2.45, 2.75) is 19.4 Å². The van der Waals surface area contributed by atoms with Crippen LogP contribution in [0, 0.1) is 5.82 Å². The summed E-state index contributed by atoms with van der Waals surface area (Å²) in [5, 5.41) is 6.32. The van der Waals surface area contributed by atoms with E-state index < -0.39 is 0 Å². The third-order valence-corrected chi connectivity index (χ3v) is 6.09. The number of hydrogen-bond donors (Lipinski definition) is 0. The van der Waals surface area contributed by atoms with Gasteiger partial charge in [-0.1, -0.05) is 31.2 Å². The molecule has 6 nitrogen and oxygen atoms in total. The highest BCUT2D eigenvalue weighted by Crippen LogP contribution is 2.33. The minimum Gasteiger partial charge on any atom is -0.497 e. The SMILES string of the molecule is CCN1CCN(CC(=O)N2N=C(c3cccc(OC)c3)CC2c2ccc(F)cc2)CC1. The molecular formula is C24H29FN4O2. The highest BCUT2D eigenvalue weighted by atomic mass is 19.1. The lowest BCUT2D eigenvalue weighted by molar-refractivity contribution is -0.134. The molecule has 2 heterocycles. The zero-order valence-corrected chi connectivity index (χ0v) is 18.1. The van der Waals surface area contributed by atoms with Gasteiger partial charge in [-0.15, -0.1) is 0 Å². The van der Waals surface area contributed by atoms with E-state index in [9.17, 15) is 9.18 Å². The summed E-state index contributed by atoms with van der Waals surface area (Å²) in [4.78, 5) is 17.9. The lowest BCUT2D eigenvalue weighted by Crippen LogP contribution is -2.49. The van der Waals surface area contributed by atoms with E-state index >= 15 is 0 Å². The van der Waals surface area contributed by atoms with Crippen LogP contribution in [0.2, 0.25) is 0 Å². The molecule has 0 spiro atoms. The van der Waals surface area contributed by atoms with Gasteiger partial charge < -0.3 is 9.64 Å². The van der Waals surface area contributed by atoms with Gasteiger partial charge in [0.15, 0.2) is 0 Å². The van der Waals surface area contributed by atoms with Gasteiger partial charge in [-0.25, -0.2) is 9.40 Å². The van der Waals surface area contributed by atoms with Gasteiger partial charge in [-0.3, -0.25) is 9.69 Å². The standard InChI is InChI=1S/C24H29FN4O2/c1-3-27-11-13-28(14-12-27)17-24(30)29-23(18-7-9-20(25)10-8-18)16-22(26-29)19-5-4-6-21(15-19)31-2/h4-10,15,23H,3,11-14,16-17H2,1-2H3. The zero-order chi connectivity index (χ0) is 21.8. The predicted molar refractivity (Wildman–Crippen MR) is 119 cm³/mol. The monoisotopic (exact) mass is 424 g/mol. The van der Waals surface area contributed by atoms with Crippen LogP contribution in [0.1, 0.15) is 30.5 Å². The predicted octanol–water partition coefficient (Wildman–Crippen LogP) is 3.15. The molecule has 1 fully saturated rings. The lowest BCUT2D eigenvalue weighted by atomic mass is 9.98. The van der Waals surface area contributed by atoms with Gasteiger partial charge in [0, 0.05) is 38.2 Å². The molecule has 0 aromatic heterocycles. The van der Waals surface area contributed by atoms with Gasteiger partial charge in [-0.05, 0) is 36.4 Å². The van der Waals surface area contributed by atoms with E-state index in [-0.39, 0.29) is 17.8 Å². The van der Waals surface area contributed by atoms with Crippen LogP contribution in [0.4, 0.5) is 4.39 Å². The van der Waals surface area contributed by atoms with E-state index in [4.69, 9.17) is 9.84 Å². The molecule has 1 atom stereocenters. The second-order valence-electron chi connectivity index (χ2n) is 8.00. The number of methoxy groups -OCH3 is 1. The Labute approximate surface area is 182 Å². The smallest absolute Gasteiger partial charge is 0.257 e. The summed E-state index contributed by atoms with van der Waals surface area (Å²) >= 11 is 0. The largest absolute Gasteiger partial charge is 0.497 e. The van der Waals surface area contributed by atoms with Crippen molar-refractivity contribution < 1.29 is 13.9 Å². The van der Waals surface area contributed by atoms with E-state index in [2.05, 4.69) is 16.7 Å². The molecule has 0 bridgehead atoms. The Morgan fingerprint density at radius 3 is 2.48 bits per heavy atom. The lowest BCUT2D eigenvalue weighted by Gasteiger charge is -2.34. The number of benzene rings is 2. The maximum absolute atomic E-state index is 13.5. The second-order valence-corrected chi connectivity index (χ2v) is 8.00. The number of ether oxygens (including phenoxy) is 1. The Bertz CT molecular complexity index is 939. The van der Waals surface area contributed by atoms with E-state index in [1.54, 1.807) is 24.3 Å². The fourth-order valence-corrected chi connectivity index (χ4v) is 4.19. The molecule has 1 amide bonds. The Morgan fingerprint density at radius 2 is 1.81 bits per heavy atom. The van der Waals surface area contributed by atoms with Crippen molar-refractivity contribution in [1.82, 2.24) is 14.8 Å². The summed E-state index contributed by atoms with van der Waals surface area (Å²) in [7, 11) is 1.63. The van der Waals surface area contributed by atoms with Crippen LogP contribution in [0.3, 0.4) is 0 Å². The number of piperazine rings is 1. The summed E-state index contributed by atoms with van der Waals surface area (Å²) < 4.78 is 18.8. The molecule has 31 heavy (non-hydrogen) atoms. The van der Waals surface area contributed by atoms with Crippen molar-refractivity contribution in [3.05, 3.63) is 65.5 Å². The molecule has 2 aromatic carbocycles. The highest BCUT2D eigenvalue weighted by Gasteiger charge is 2.34. The van der Waals surface area contributed by atoms with Crippen LogP contribution < -0.4 is 4.74 Å². The number of halogens is 1. The Morgan fingerprint density at radius 1 is 1.10 bits per heavy atom. The zero-order valence-electron chi connectivity index (χ0n) is 18.1. The minimum absolute atomic E-state index is 0.0304. The van der Waals surface area contributed by atoms with Crippen molar-refractivity contribution in [2.24, 2.45) is 5.10 Å². The van der Waals surface area contributed by atoms with Crippen molar-refractivity contribution in [1.29, 1.82) is 0 Å². The van der Waals surface area contributed by atoms with Gasteiger partial charge in [-0.2, -0.15) is 5.10 Å². The highest BCUT2D eigenvalue weighted by molar-refractivity contribution is 6.03. The van der Waals surface area contributed by atoms with Crippen LogP contribution in [-0.2, 0) is 4.79 Å². The summed E-state index contributed by atoms with van der Waals surface area (Å²) in [6.07, 6.45) is 0.578. The first-order valence-electron chi connectivity index (χ1n) is 10.8. The van der Waals surface area contributed by atoms with Crippen LogP contribution in [0.15, 0.2) is 53.6 Å². The number of carbonyl (C=O) groups excluding carboxylic acids is 1. The average Bonchev–Trinajstić information content (AvgIpc) is 3.26. The molecule has 2 aliphatic heterocycles.